The fourth-order valence-corrected chi connectivity index (χ4v) is 3.90. The van der Waals surface area contributed by atoms with Gasteiger partial charge in [0.15, 0.2) is 5.69 Å². The fourth-order valence-electron chi connectivity index (χ4n) is 3.90. The predicted molar refractivity (Wildman–Crippen MR) is 139 cm³/mol. The van der Waals surface area contributed by atoms with Crippen molar-refractivity contribution in [3.05, 3.63) is 70.1 Å². The Labute approximate surface area is 227 Å². The van der Waals surface area contributed by atoms with E-state index in [1.165, 1.54) is 49.1 Å². The highest BCUT2D eigenvalue weighted by Crippen LogP contribution is 2.36. The van der Waals surface area contributed by atoms with Gasteiger partial charge in [-0.1, -0.05) is 18.2 Å². The number of carbonyl (C=O) groups excluding carboxylic acids is 2. The van der Waals surface area contributed by atoms with E-state index < -0.39 is 41.5 Å². The molecule has 0 spiro atoms. The summed E-state index contributed by atoms with van der Waals surface area (Å²) in [5.41, 5.74) is 0.493. The van der Waals surface area contributed by atoms with Crippen molar-refractivity contribution >= 4 is 17.7 Å². The molecule has 214 valence electrons. The van der Waals surface area contributed by atoms with Crippen molar-refractivity contribution in [2.45, 2.75) is 32.7 Å². The number of methoxy groups -OCH3 is 1. The molecule has 0 aliphatic carbocycles. The van der Waals surface area contributed by atoms with Crippen LogP contribution in [-0.2, 0) is 16.6 Å². The van der Waals surface area contributed by atoms with E-state index in [4.69, 9.17) is 9.47 Å². The largest absolute Gasteiger partial charge is 0.573 e. The third kappa shape index (κ3) is 7.46. The van der Waals surface area contributed by atoms with Gasteiger partial charge in [0.05, 0.1) is 26.2 Å². The molecule has 40 heavy (non-hydrogen) atoms. The minimum absolute atomic E-state index is 0.0882. The molecule has 0 fully saturated rings. The molecule has 2 aromatic carbocycles. The highest BCUT2D eigenvalue weighted by Gasteiger charge is 2.31. The summed E-state index contributed by atoms with van der Waals surface area (Å²) in [4.78, 5) is 37.8. The minimum atomic E-state index is -4.89. The summed E-state index contributed by atoms with van der Waals surface area (Å²) < 4.78 is 54.0. The number of alkyl halides is 3. The summed E-state index contributed by atoms with van der Waals surface area (Å²) in [6.45, 7) is 3.31. The van der Waals surface area contributed by atoms with Crippen LogP contribution in [0.3, 0.4) is 0 Å². The van der Waals surface area contributed by atoms with Gasteiger partial charge in [0.1, 0.15) is 17.2 Å². The van der Waals surface area contributed by atoms with Crippen LogP contribution in [0, 0.1) is 6.92 Å². The molecule has 3 N–H and O–H groups in total. The second-order valence-electron chi connectivity index (χ2n) is 8.61. The molecule has 3 aromatic rings. The Bertz CT molecular complexity index is 1450. The van der Waals surface area contributed by atoms with Gasteiger partial charge >= 0.3 is 18.4 Å². The number of hydrogen-bond acceptors (Lipinski definition) is 7. The average molecular weight is 564 g/mol. The zero-order valence-electron chi connectivity index (χ0n) is 22.1. The molecule has 2 amide bonds. The number of esters is 1. The molecule has 0 bridgehead atoms. The minimum Gasteiger partial charge on any atom is -0.505 e. The third-order valence-electron chi connectivity index (χ3n) is 5.87. The fraction of sp³-hybridized carbons (Fsp3) is 0.296. The highest BCUT2D eigenvalue weighted by atomic mass is 19.4. The summed E-state index contributed by atoms with van der Waals surface area (Å²) in [5.74, 6) is -1.22. The van der Waals surface area contributed by atoms with Gasteiger partial charge in [-0.05, 0) is 49.2 Å². The Balaban J connectivity index is 1.99. The maximum Gasteiger partial charge on any atom is 0.573 e. The number of rotatable bonds is 9. The molecule has 0 saturated carbocycles. The van der Waals surface area contributed by atoms with Crippen LogP contribution in [0.4, 0.5) is 23.7 Å². The zero-order chi connectivity index (χ0) is 29.6. The number of benzene rings is 2. The molecule has 10 nitrogen and oxygen atoms in total. The van der Waals surface area contributed by atoms with E-state index in [9.17, 15) is 32.7 Å². The van der Waals surface area contributed by atoms with Crippen molar-refractivity contribution in [3.63, 3.8) is 0 Å². The van der Waals surface area contributed by atoms with Crippen LogP contribution in [0.15, 0.2) is 53.3 Å². The van der Waals surface area contributed by atoms with E-state index in [0.29, 0.717) is 28.1 Å². The second-order valence-corrected chi connectivity index (χ2v) is 8.61. The van der Waals surface area contributed by atoms with Gasteiger partial charge in [0.25, 0.3) is 5.56 Å². The number of hydrogen-bond donors (Lipinski definition) is 3. The molecule has 1 atom stereocenters. The Kier molecular flexibility index (Phi) is 9.30. The number of aromatic nitrogens is 1. The van der Waals surface area contributed by atoms with Gasteiger partial charge < -0.3 is 34.5 Å². The van der Waals surface area contributed by atoms with Crippen LogP contribution in [0.25, 0.3) is 11.1 Å². The monoisotopic (exact) mass is 563 g/mol. The molecule has 0 unspecified atom stereocenters. The Morgan fingerprint density at radius 1 is 1.12 bits per heavy atom. The first-order valence-corrected chi connectivity index (χ1v) is 12.0. The number of pyridine rings is 1. The molecule has 1 aromatic heterocycles. The number of urea groups is 1. The van der Waals surface area contributed by atoms with E-state index in [-0.39, 0.29) is 18.7 Å². The normalized spacial score (nSPS) is 11.9. The summed E-state index contributed by atoms with van der Waals surface area (Å²) in [6, 6.07) is 9.27. The second kappa shape index (κ2) is 12.5. The van der Waals surface area contributed by atoms with Crippen LogP contribution in [-0.4, -0.2) is 41.8 Å². The summed E-state index contributed by atoms with van der Waals surface area (Å²) in [6.07, 6.45) is -5.21. The van der Waals surface area contributed by atoms with Crippen molar-refractivity contribution in [3.8, 4) is 28.4 Å². The number of nitrogens with one attached hydrogen (secondary N) is 2. The lowest BCUT2D eigenvalue weighted by Gasteiger charge is -2.21. The first-order valence-electron chi connectivity index (χ1n) is 12.0. The molecule has 0 saturated heterocycles. The number of carbonyl (C=O) groups is 2. The van der Waals surface area contributed by atoms with Crippen molar-refractivity contribution in [2.24, 2.45) is 7.05 Å². The van der Waals surface area contributed by atoms with Crippen molar-refractivity contribution in [1.29, 1.82) is 0 Å². The first kappa shape index (κ1) is 29.9. The van der Waals surface area contributed by atoms with Gasteiger partial charge in [0, 0.05) is 24.4 Å². The quantitative estimate of drug-likeness (QED) is 0.320. The third-order valence-corrected chi connectivity index (χ3v) is 5.87. The molecule has 0 radical (unpaired) electrons. The van der Waals surface area contributed by atoms with Crippen molar-refractivity contribution in [2.75, 3.05) is 19.0 Å². The summed E-state index contributed by atoms with van der Waals surface area (Å²) in [5, 5.41) is 15.1. The lowest BCUT2D eigenvalue weighted by molar-refractivity contribution is -0.274. The highest BCUT2D eigenvalue weighted by molar-refractivity contribution is 5.91. The molecule has 3 rings (SSSR count). The number of amides is 2. The number of anilines is 1. The molecule has 0 aliphatic heterocycles. The molecule has 13 heteroatoms. The molecular weight excluding hydrogens is 535 g/mol. The standard InChI is InChI=1S/C27H28F3N3O7/c1-5-39-23(35)14-20(31-26(37)32-24-21(34)11-15(2)33(3)25(24)36)17-9-10-22(38-4)19(13-17)16-7-6-8-18(12-16)40-27(28,29)30/h6-13,20,34H,5,14H2,1-4H3,(H2,31,32,37)/t20-/m0/s1. The maximum atomic E-state index is 12.9. The number of halogens is 3. The molecule has 0 aliphatic rings. The van der Waals surface area contributed by atoms with Crippen LogP contribution in [0.2, 0.25) is 0 Å². The van der Waals surface area contributed by atoms with Crippen molar-refractivity contribution in [1.82, 2.24) is 9.88 Å². The van der Waals surface area contributed by atoms with E-state index in [0.717, 1.165) is 6.07 Å². The van der Waals surface area contributed by atoms with Crippen LogP contribution in [0.1, 0.15) is 30.6 Å². The average Bonchev–Trinajstić information content (AvgIpc) is 2.88. The Morgan fingerprint density at radius 3 is 2.50 bits per heavy atom. The summed E-state index contributed by atoms with van der Waals surface area (Å²) >= 11 is 0. The maximum absolute atomic E-state index is 12.9. The first-order chi connectivity index (χ1) is 18.8. The van der Waals surface area contributed by atoms with Gasteiger partial charge in [-0.3, -0.25) is 9.59 Å². The lowest BCUT2D eigenvalue weighted by Crippen LogP contribution is -2.36. The van der Waals surface area contributed by atoms with Crippen LogP contribution in [0.5, 0.6) is 17.2 Å². The van der Waals surface area contributed by atoms with E-state index in [2.05, 4.69) is 15.4 Å². The lowest BCUT2D eigenvalue weighted by atomic mass is 9.96. The van der Waals surface area contributed by atoms with Crippen LogP contribution < -0.4 is 25.7 Å². The smallest absolute Gasteiger partial charge is 0.505 e. The van der Waals surface area contributed by atoms with Gasteiger partial charge in [-0.2, -0.15) is 0 Å². The van der Waals surface area contributed by atoms with Crippen molar-refractivity contribution < 1.29 is 42.1 Å². The van der Waals surface area contributed by atoms with E-state index in [1.54, 1.807) is 26.0 Å². The predicted octanol–water partition coefficient (Wildman–Crippen LogP) is 4.79. The summed E-state index contributed by atoms with van der Waals surface area (Å²) in [7, 11) is 2.85. The SMILES string of the molecule is CCOC(=O)C[C@H](NC(=O)Nc1c(O)cc(C)n(C)c1=O)c1ccc(OC)c(-c2cccc(OC(F)(F)F)c2)c1. The number of aryl methyl sites for hydroxylation is 1. The number of nitrogens with zero attached hydrogens (tertiary/aromatic N) is 1. The van der Waals surface area contributed by atoms with E-state index >= 15 is 0 Å². The van der Waals surface area contributed by atoms with Gasteiger partial charge in [-0.25, -0.2) is 4.79 Å². The topological polar surface area (TPSA) is 128 Å². The number of aromatic hydroxyl groups is 1. The zero-order valence-corrected chi connectivity index (χ0v) is 22.1. The van der Waals surface area contributed by atoms with Gasteiger partial charge in [-0.15, -0.1) is 13.2 Å². The number of ether oxygens (including phenoxy) is 3. The Morgan fingerprint density at radius 2 is 1.85 bits per heavy atom. The molecule has 1 heterocycles. The van der Waals surface area contributed by atoms with Gasteiger partial charge in [0.2, 0.25) is 0 Å². The Hall–Kier alpha value is -4.68. The van der Waals surface area contributed by atoms with Crippen LogP contribution >= 0.6 is 0 Å². The van der Waals surface area contributed by atoms with E-state index in [1.807, 2.05) is 0 Å². The molecular formula is C27H28F3N3O7.